The number of rotatable bonds is 6. The van der Waals surface area contributed by atoms with Crippen molar-refractivity contribution in [3.63, 3.8) is 0 Å². The maximum absolute atomic E-state index is 13.8. The van der Waals surface area contributed by atoms with Crippen LogP contribution in [0.25, 0.3) is 6.08 Å². The van der Waals surface area contributed by atoms with E-state index in [1.165, 1.54) is 18.1 Å². The summed E-state index contributed by atoms with van der Waals surface area (Å²) in [6.07, 6.45) is 3.59. The molecule has 11 nitrogen and oxygen atoms in total. The maximum atomic E-state index is 13.8. The number of benzene rings is 1. The molecule has 5 amide bonds. The molecule has 0 saturated carbocycles. The number of hydrogen-bond donors (Lipinski definition) is 4. The lowest BCUT2D eigenvalue weighted by atomic mass is 9.97. The van der Waals surface area contributed by atoms with Gasteiger partial charge in [0.15, 0.2) is 0 Å². The second kappa shape index (κ2) is 12.7. The van der Waals surface area contributed by atoms with Crippen LogP contribution >= 0.6 is 0 Å². The van der Waals surface area contributed by atoms with Crippen LogP contribution in [-0.2, 0) is 14.4 Å². The summed E-state index contributed by atoms with van der Waals surface area (Å²) in [5.74, 6) is -0.557. The van der Waals surface area contributed by atoms with Crippen LogP contribution in [-0.4, -0.2) is 73.6 Å². The predicted octanol–water partition coefficient (Wildman–Crippen LogP) is 1.63. The Hall–Kier alpha value is -3.76. The summed E-state index contributed by atoms with van der Waals surface area (Å²) < 4.78 is 11.7. The maximum Gasteiger partial charge on any atom is 0.315 e. The third-order valence-electron chi connectivity index (χ3n) is 7.11. The lowest BCUT2D eigenvalue weighted by molar-refractivity contribution is -0.143. The van der Waals surface area contributed by atoms with Crippen molar-refractivity contribution in [1.29, 1.82) is 0 Å². The van der Waals surface area contributed by atoms with Gasteiger partial charge in [-0.3, -0.25) is 14.4 Å². The number of likely N-dealkylation sites (tertiary alicyclic amines) is 1. The highest BCUT2D eigenvalue weighted by Crippen LogP contribution is 2.30. The number of nitrogens with one attached hydrogen (secondary N) is 4. The van der Waals surface area contributed by atoms with Crippen LogP contribution in [0.2, 0.25) is 0 Å². The number of urea groups is 1. The zero-order valence-electron chi connectivity index (χ0n) is 22.9. The number of amides is 5. The largest absolute Gasteiger partial charge is 0.496 e. The van der Waals surface area contributed by atoms with E-state index in [0.717, 1.165) is 0 Å². The lowest BCUT2D eigenvalue weighted by Gasteiger charge is -2.33. The number of hydrogen-bond acceptors (Lipinski definition) is 6. The Kier molecular flexibility index (Phi) is 9.60. The second-order valence-corrected chi connectivity index (χ2v) is 9.98. The van der Waals surface area contributed by atoms with Gasteiger partial charge in [0, 0.05) is 31.8 Å². The summed E-state index contributed by atoms with van der Waals surface area (Å²) in [5, 5.41) is 10.8. The third-order valence-corrected chi connectivity index (χ3v) is 7.11. The molecule has 2 aliphatic heterocycles. The molecule has 1 aromatic carbocycles. The standard InChI is InChI=1S/C27H39N5O6/c1-7-16(4)22-24(33)29-12-10-17-14-18(8-9-19(17)37-6)38-20-11-13-32(23(20)25(34)30-22)26(35)21(15(2)3)31-27(36)28-5/h8-10,12,14-16,20-23H,7,11,13H2,1-6H3,(H,29,33)(H,30,34)(H2,28,31,36). The zero-order valence-corrected chi connectivity index (χ0v) is 22.9. The molecule has 3 rings (SSSR count). The summed E-state index contributed by atoms with van der Waals surface area (Å²) in [6.45, 7) is 7.71. The molecule has 5 atom stereocenters. The van der Waals surface area contributed by atoms with Gasteiger partial charge in [0.1, 0.15) is 35.7 Å². The van der Waals surface area contributed by atoms with E-state index in [9.17, 15) is 19.2 Å². The molecule has 1 saturated heterocycles. The molecule has 0 aliphatic carbocycles. The average Bonchev–Trinajstić information content (AvgIpc) is 3.32. The molecule has 2 aliphatic rings. The molecule has 0 spiro atoms. The van der Waals surface area contributed by atoms with Gasteiger partial charge in [-0.25, -0.2) is 4.79 Å². The normalized spacial score (nSPS) is 22.9. The summed E-state index contributed by atoms with van der Waals surface area (Å²) in [4.78, 5) is 54.1. The fourth-order valence-electron chi connectivity index (χ4n) is 4.69. The van der Waals surface area contributed by atoms with E-state index in [-0.39, 0.29) is 30.2 Å². The molecule has 1 fully saturated rings. The van der Waals surface area contributed by atoms with Crippen LogP contribution in [0.4, 0.5) is 4.79 Å². The van der Waals surface area contributed by atoms with Crippen LogP contribution in [0.5, 0.6) is 11.5 Å². The zero-order chi connectivity index (χ0) is 28.0. The Morgan fingerprint density at radius 3 is 2.58 bits per heavy atom. The van der Waals surface area contributed by atoms with Gasteiger partial charge in [0.25, 0.3) is 0 Å². The molecular weight excluding hydrogens is 490 g/mol. The van der Waals surface area contributed by atoms with Crippen molar-refractivity contribution in [3.8, 4) is 11.5 Å². The van der Waals surface area contributed by atoms with Crippen LogP contribution in [0.3, 0.4) is 0 Å². The van der Waals surface area contributed by atoms with Crippen molar-refractivity contribution in [2.24, 2.45) is 11.8 Å². The van der Waals surface area contributed by atoms with E-state index in [2.05, 4.69) is 21.3 Å². The van der Waals surface area contributed by atoms with Crippen molar-refractivity contribution in [1.82, 2.24) is 26.2 Å². The van der Waals surface area contributed by atoms with Crippen molar-refractivity contribution < 1.29 is 28.7 Å². The van der Waals surface area contributed by atoms with E-state index in [1.807, 2.05) is 27.7 Å². The average molecular weight is 530 g/mol. The number of carbonyl (C=O) groups excluding carboxylic acids is 4. The first-order valence-corrected chi connectivity index (χ1v) is 13.0. The minimum Gasteiger partial charge on any atom is -0.496 e. The fraction of sp³-hybridized carbons (Fsp3) is 0.556. The van der Waals surface area contributed by atoms with Gasteiger partial charge in [0.2, 0.25) is 17.7 Å². The lowest BCUT2D eigenvalue weighted by Crippen LogP contribution is -2.60. The molecule has 0 aromatic heterocycles. The number of carbonyl (C=O) groups is 4. The number of fused-ring (bicyclic) bond motifs is 3. The Balaban J connectivity index is 2.04. The van der Waals surface area contributed by atoms with E-state index in [4.69, 9.17) is 9.47 Å². The van der Waals surface area contributed by atoms with E-state index in [1.54, 1.807) is 31.4 Å². The van der Waals surface area contributed by atoms with Crippen LogP contribution < -0.4 is 30.7 Å². The van der Waals surface area contributed by atoms with Crippen molar-refractivity contribution in [3.05, 3.63) is 30.0 Å². The smallest absolute Gasteiger partial charge is 0.315 e. The molecule has 4 N–H and O–H groups in total. The molecule has 38 heavy (non-hydrogen) atoms. The van der Waals surface area contributed by atoms with Gasteiger partial charge in [0.05, 0.1) is 7.11 Å². The first-order chi connectivity index (χ1) is 18.1. The molecule has 5 unspecified atom stereocenters. The van der Waals surface area contributed by atoms with Gasteiger partial charge in [-0.2, -0.15) is 0 Å². The number of nitrogens with zero attached hydrogens (tertiary/aromatic N) is 1. The highest BCUT2D eigenvalue weighted by Gasteiger charge is 2.47. The number of methoxy groups -OCH3 is 1. The topological polar surface area (TPSA) is 138 Å². The summed E-state index contributed by atoms with van der Waals surface area (Å²) >= 11 is 0. The van der Waals surface area contributed by atoms with E-state index >= 15 is 0 Å². The van der Waals surface area contributed by atoms with Crippen molar-refractivity contribution in [2.75, 3.05) is 20.7 Å². The molecule has 0 radical (unpaired) electrons. The van der Waals surface area contributed by atoms with Gasteiger partial charge in [-0.05, 0) is 36.1 Å². The Bertz CT molecular complexity index is 1070. The molecule has 11 heteroatoms. The minimum atomic E-state index is -1.01. The van der Waals surface area contributed by atoms with E-state index in [0.29, 0.717) is 29.9 Å². The van der Waals surface area contributed by atoms with Crippen LogP contribution in [0.1, 0.15) is 46.1 Å². The van der Waals surface area contributed by atoms with Gasteiger partial charge in [-0.15, -0.1) is 0 Å². The molecule has 2 bridgehead atoms. The SMILES string of the molecule is CCC(C)C1NC(=O)C2C(CCN2C(=O)C(NC(=O)NC)C(C)C)Oc2ccc(OC)c(c2)C=CNC1=O. The highest BCUT2D eigenvalue weighted by molar-refractivity contribution is 5.95. The summed E-state index contributed by atoms with van der Waals surface area (Å²) in [7, 11) is 3.02. The Morgan fingerprint density at radius 1 is 1.21 bits per heavy atom. The van der Waals surface area contributed by atoms with E-state index < -0.39 is 36.2 Å². The Morgan fingerprint density at radius 2 is 1.95 bits per heavy atom. The summed E-state index contributed by atoms with van der Waals surface area (Å²) in [5.41, 5.74) is 0.682. The van der Waals surface area contributed by atoms with Gasteiger partial charge in [-0.1, -0.05) is 34.1 Å². The molecule has 208 valence electrons. The summed E-state index contributed by atoms with van der Waals surface area (Å²) in [6, 6.07) is 2.06. The highest BCUT2D eigenvalue weighted by atomic mass is 16.5. The van der Waals surface area contributed by atoms with Crippen molar-refractivity contribution >= 4 is 29.8 Å². The predicted molar refractivity (Wildman–Crippen MR) is 142 cm³/mol. The van der Waals surface area contributed by atoms with Gasteiger partial charge < -0.3 is 35.6 Å². The third kappa shape index (κ3) is 6.38. The molecular formula is C27H39N5O6. The monoisotopic (exact) mass is 529 g/mol. The van der Waals surface area contributed by atoms with Crippen LogP contribution in [0, 0.1) is 11.8 Å². The molecule has 1 aromatic rings. The number of ether oxygens (including phenoxy) is 2. The van der Waals surface area contributed by atoms with Crippen LogP contribution in [0.15, 0.2) is 24.4 Å². The van der Waals surface area contributed by atoms with Gasteiger partial charge >= 0.3 is 6.03 Å². The second-order valence-electron chi connectivity index (χ2n) is 9.98. The Labute approximate surface area is 223 Å². The molecule has 2 heterocycles. The first-order valence-electron chi connectivity index (χ1n) is 13.0. The quantitative estimate of drug-likeness (QED) is 0.442. The first kappa shape index (κ1) is 28.8. The van der Waals surface area contributed by atoms with Crippen molar-refractivity contribution in [2.45, 2.75) is 64.8 Å². The minimum absolute atomic E-state index is 0.170. The fourth-order valence-corrected chi connectivity index (χ4v) is 4.69.